The maximum absolute atomic E-state index is 5.46. The van der Waals surface area contributed by atoms with Crippen LogP contribution in [0.15, 0.2) is 42.5 Å². The third-order valence-electron chi connectivity index (χ3n) is 3.61. The van der Waals surface area contributed by atoms with Crippen LogP contribution < -0.4 is 10.6 Å². The van der Waals surface area contributed by atoms with Gasteiger partial charge in [-0.15, -0.1) is 0 Å². The molecule has 0 radical (unpaired) electrons. The second kappa shape index (κ2) is 7.36. The van der Waals surface area contributed by atoms with Crippen LogP contribution in [0.2, 0.25) is 0 Å². The molecule has 1 aromatic heterocycles. The summed E-state index contributed by atoms with van der Waals surface area (Å²) in [6.45, 7) is 8.48. The van der Waals surface area contributed by atoms with E-state index in [1.54, 1.807) is 0 Å². The number of thiocarbonyl (C=S) groups is 1. The van der Waals surface area contributed by atoms with E-state index in [0.29, 0.717) is 11.0 Å². The molecule has 0 spiro atoms. The van der Waals surface area contributed by atoms with Gasteiger partial charge >= 0.3 is 0 Å². The molecule has 0 fully saturated rings. The van der Waals surface area contributed by atoms with Gasteiger partial charge in [-0.1, -0.05) is 44.2 Å². The fourth-order valence-electron chi connectivity index (χ4n) is 2.45. The Morgan fingerprint density at radius 1 is 1.05 bits per heavy atom. The number of hydrogen-bond acceptors (Lipinski definition) is 2. The molecule has 116 valence electrons. The van der Waals surface area contributed by atoms with Gasteiger partial charge in [-0.05, 0) is 55.2 Å². The molecule has 0 aliphatic carbocycles. The highest BCUT2D eigenvalue weighted by atomic mass is 32.1. The van der Waals surface area contributed by atoms with Gasteiger partial charge in [0.05, 0.1) is 6.04 Å². The van der Waals surface area contributed by atoms with Crippen molar-refractivity contribution in [1.29, 1.82) is 0 Å². The molecule has 2 rings (SSSR count). The lowest BCUT2D eigenvalue weighted by molar-refractivity contribution is 0.471. The maximum Gasteiger partial charge on any atom is 0.172 e. The van der Waals surface area contributed by atoms with Crippen molar-refractivity contribution in [1.82, 2.24) is 10.3 Å². The van der Waals surface area contributed by atoms with E-state index in [1.807, 2.05) is 25.1 Å². The van der Waals surface area contributed by atoms with Crippen LogP contribution in [-0.2, 0) is 0 Å². The number of aryl methyl sites for hydroxylation is 2. The third-order valence-corrected chi connectivity index (χ3v) is 3.83. The molecule has 0 aliphatic heterocycles. The molecule has 2 N–H and O–H groups in total. The lowest BCUT2D eigenvalue weighted by atomic mass is 9.93. The lowest BCUT2D eigenvalue weighted by Crippen LogP contribution is -2.35. The molecule has 1 heterocycles. The number of benzene rings is 1. The van der Waals surface area contributed by atoms with Crippen LogP contribution in [0.3, 0.4) is 0 Å². The second-order valence-corrected chi connectivity index (χ2v) is 6.25. The van der Waals surface area contributed by atoms with Crippen molar-refractivity contribution in [2.45, 2.75) is 33.7 Å². The summed E-state index contributed by atoms with van der Waals surface area (Å²) in [7, 11) is 0. The van der Waals surface area contributed by atoms with E-state index in [4.69, 9.17) is 12.2 Å². The third kappa shape index (κ3) is 4.28. The van der Waals surface area contributed by atoms with Gasteiger partial charge in [-0.25, -0.2) is 4.98 Å². The Hall–Kier alpha value is -1.94. The SMILES string of the molecule is Cc1cccc(NC(=S)N[C@@H](c2ccccc2C)C(C)C)n1. The summed E-state index contributed by atoms with van der Waals surface area (Å²) < 4.78 is 0. The molecule has 1 aromatic carbocycles. The summed E-state index contributed by atoms with van der Waals surface area (Å²) in [5, 5.41) is 7.19. The molecule has 0 aliphatic rings. The zero-order valence-corrected chi connectivity index (χ0v) is 14.4. The predicted octanol–water partition coefficient (Wildman–Crippen LogP) is 4.38. The quantitative estimate of drug-likeness (QED) is 0.821. The minimum Gasteiger partial charge on any atom is -0.355 e. The summed E-state index contributed by atoms with van der Waals surface area (Å²) >= 11 is 5.46. The first-order valence-corrected chi connectivity index (χ1v) is 7.95. The van der Waals surface area contributed by atoms with Crippen LogP contribution in [0.4, 0.5) is 5.82 Å². The summed E-state index contributed by atoms with van der Waals surface area (Å²) in [6.07, 6.45) is 0. The standard InChI is InChI=1S/C18H23N3S/c1-12(2)17(15-10-6-5-8-13(15)3)21-18(22)20-16-11-7-9-14(4)19-16/h5-12,17H,1-4H3,(H2,19,20,21,22)/t17-/m1/s1. The van der Waals surface area contributed by atoms with Gasteiger partial charge in [0.1, 0.15) is 5.82 Å². The molecule has 22 heavy (non-hydrogen) atoms. The van der Waals surface area contributed by atoms with E-state index in [2.05, 4.69) is 60.7 Å². The number of nitrogens with zero attached hydrogens (tertiary/aromatic N) is 1. The van der Waals surface area contributed by atoms with Gasteiger partial charge in [0.2, 0.25) is 0 Å². The summed E-state index contributed by atoms with van der Waals surface area (Å²) in [6, 6.07) is 14.4. The van der Waals surface area contributed by atoms with Crippen molar-refractivity contribution in [3.63, 3.8) is 0 Å². The van der Waals surface area contributed by atoms with Crippen LogP contribution >= 0.6 is 12.2 Å². The Kier molecular flexibility index (Phi) is 5.50. The second-order valence-electron chi connectivity index (χ2n) is 5.84. The van der Waals surface area contributed by atoms with E-state index in [0.717, 1.165) is 11.5 Å². The number of hydrogen-bond donors (Lipinski definition) is 2. The van der Waals surface area contributed by atoms with Gasteiger partial charge < -0.3 is 10.6 Å². The molecule has 0 bridgehead atoms. The molecular formula is C18H23N3S. The Labute approximate surface area is 138 Å². The van der Waals surface area contributed by atoms with E-state index in [1.165, 1.54) is 11.1 Å². The number of nitrogens with one attached hydrogen (secondary N) is 2. The number of anilines is 1. The maximum atomic E-state index is 5.46. The minimum absolute atomic E-state index is 0.172. The van der Waals surface area contributed by atoms with Crippen molar-refractivity contribution in [2.24, 2.45) is 5.92 Å². The summed E-state index contributed by atoms with van der Waals surface area (Å²) in [4.78, 5) is 4.42. The largest absolute Gasteiger partial charge is 0.355 e. The zero-order valence-electron chi connectivity index (χ0n) is 13.6. The molecule has 1 atom stereocenters. The van der Waals surface area contributed by atoms with E-state index >= 15 is 0 Å². The van der Waals surface area contributed by atoms with Crippen LogP contribution in [0, 0.1) is 19.8 Å². The van der Waals surface area contributed by atoms with Gasteiger partial charge in [0, 0.05) is 5.69 Å². The Balaban J connectivity index is 2.11. The van der Waals surface area contributed by atoms with Gasteiger partial charge in [-0.3, -0.25) is 0 Å². The Bertz CT molecular complexity index is 652. The van der Waals surface area contributed by atoms with E-state index in [9.17, 15) is 0 Å². The van der Waals surface area contributed by atoms with Gasteiger partial charge in [-0.2, -0.15) is 0 Å². The van der Waals surface area contributed by atoms with Crippen molar-refractivity contribution < 1.29 is 0 Å². The van der Waals surface area contributed by atoms with Crippen LogP contribution in [-0.4, -0.2) is 10.1 Å². The Morgan fingerprint density at radius 2 is 1.77 bits per heavy atom. The fraction of sp³-hybridized carbons (Fsp3) is 0.333. The topological polar surface area (TPSA) is 37.0 Å². The molecule has 0 saturated heterocycles. The van der Waals surface area contributed by atoms with Gasteiger partial charge in [0.25, 0.3) is 0 Å². The molecule has 4 heteroatoms. The number of aromatic nitrogens is 1. The summed E-state index contributed by atoms with van der Waals surface area (Å²) in [5.74, 6) is 1.19. The van der Waals surface area contributed by atoms with Crippen molar-refractivity contribution in [3.8, 4) is 0 Å². The molecule has 0 amide bonds. The van der Waals surface area contributed by atoms with Crippen LogP contribution in [0.25, 0.3) is 0 Å². The molecular weight excluding hydrogens is 290 g/mol. The average Bonchev–Trinajstić information content (AvgIpc) is 2.45. The van der Waals surface area contributed by atoms with Crippen LogP contribution in [0.5, 0.6) is 0 Å². The Morgan fingerprint density at radius 3 is 2.41 bits per heavy atom. The van der Waals surface area contributed by atoms with E-state index < -0.39 is 0 Å². The van der Waals surface area contributed by atoms with Crippen molar-refractivity contribution in [3.05, 3.63) is 59.3 Å². The van der Waals surface area contributed by atoms with E-state index in [-0.39, 0.29) is 6.04 Å². The van der Waals surface area contributed by atoms with Crippen LogP contribution in [0.1, 0.15) is 36.7 Å². The molecule has 0 unspecified atom stereocenters. The monoisotopic (exact) mass is 313 g/mol. The highest BCUT2D eigenvalue weighted by Gasteiger charge is 2.18. The first-order valence-electron chi connectivity index (χ1n) is 7.54. The first-order chi connectivity index (χ1) is 10.5. The normalized spacial score (nSPS) is 12.0. The number of pyridine rings is 1. The van der Waals surface area contributed by atoms with Crippen molar-refractivity contribution in [2.75, 3.05) is 5.32 Å². The fourth-order valence-corrected chi connectivity index (χ4v) is 2.68. The highest BCUT2D eigenvalue weighted by molar-refractivity contribution is 7.80. The molecule has 3 nitrogen and oxygen atoms in total. The lowest BCUT2D eigenvalue weighted by Gasteiger charge is -2.26. The zero-order chi connectivity index (χ0) is 16.1. The van der Waals surface area contributed by atoms with Gasteiger partial charge in [0.15, 0.2) is 5.11 Å². The smallest absolute Gasteiger partial charge is 0.172 e. The molecule has 2 aromatic rings. The minimum atomic E-state index is 0.172. The first kappa shape index (κ1) is 16.4. The summed E-state index contributed by atoms with van der Waals surface area (Å²) in [5.41, 5.74) is 3.51. The number of rotatable bonds is 4. The molecule has 0 saturated carbocycles. The highest BCUT2D eigenvalue weighted by Crippen LogP contribution is 2.24. The predicted molar refractivity (Wildman–Crippen MR) is 97.1 cm³/mol. The average molecular weight is 313 g/mol. The van der Waals surface area contributed by atoms with Crippen molar-refractivity contribution >= 4 is 23.1 Å².